The molecule has 4 atom stereocenters. The van der Waals surface area contributed by atoms with E-state index in [0.717, 1.165) is 0 Å². The minimum Gasteiger partial charge on any atom is -0.370 e. The summed E-state index contributed by atoms with van der Waals surface area (Å²) in [6, 6.07) is 7.39. The number of carbonyl (C=O) groups is 4. The van der Waals surface area contributed by atoms with Crippen LogP contribution in [0.5, 0.6) is 0 Å². The summed E-state index contributed by atoms with van der Waals surface area (Å²) < 4.78 is 0. The normalized spacial score (nSPS) is 16.4. The van der Waals surface area contributed by atoms with Gasteiger partial charge >= 0.3 is 0 Å². The van der Waals surface area contributed by atoms with Gasteiger partial charge in [0.15, 0.2) is 5.96 Å². The van der Waals surface area contributed by atoms with Crippen LogP contribution in [0.3, 0.4) is 0 Å². The molecular weight excluding hydrogens is 550 g/mol. The van der Waals surface area contributed by atoms with E-state index in [4.69, 9.17) is 17.2 Å². The quantitative estimate of drug-likeness (QED) is 0.0840. The minimum atomic E-state index is -0.962. The Morgan fingerprint density at radius 1 is 0.977 bits per heavy atom. The second-order valence-electron chi connectivity index (χ2n) is 11.2. The number of nitrogens with zero attached hydrogens (tertiary/aromatic N) is 3. The topological polar surface area (TPSA) is 222 Å². The summed E-state index contributed by atoms with van der Waals surface area (Å²) in [7, 11) is 0. The van der Waals surface area contributed by atoms with Crippen LogP contribution in [0.25, 0.3) is 0 Å². The molecule has 0 aliphatic carbocycles. The summed E-state index contributed by atoms with van der Waals surface area (Å²) in [6.45, 7) is 4.97. The van der Waals surface area contributed by atoms with Crippen molar-refractivity contribution in [3.05, 3.63) is 35.9 Å². The van der Waals surface area contributed by atoms with Gasteiger partial charge in [0.05, 0.1) is 6.07 Å². The van der Waals surface area contributed by atoms with E-state index in [2.05, 4.69) is 27.0 Å². The number of hydrogen-bond acceptors (Lipinski definition) is 7. The zero-order valence-electron chi connectivity index (χ0n) is 25.3. The smallest absolute Gasteiger partial charge is 0.251 e. The summed E-state index contributed by atoms with van der Waals surface area (Å²) in [5.74, 6) is -1.82. The second-order valence-corrected chi connectivity index (χ2v) is 11.2. The van der Waals surface area contributed by atoms with Crippen LogP contribution in [-0.2, 0) is 14.4 Å². The highest BCUT2D eigenvalue weighted by atomic mass is 16.2. The lowest BCUT2D eigenvalue weighted by Gasteiger charge is -2.29. The van der Waals surface area contributed by atoms with Crippen molar-refractivity contribution in [2.45, 2.75) is 89.4 Å². The molecule has 0 radical (unpaired) electrons. The molecule has 0 bridgehead atoms. The van der Waals surface area contributed by atoms with Gasteiger partial charge in [-0.2, -0.15) is 5.26 Å². The van der Waals surface area contributed by atoms with Gasteiger partial charge < -0.3 is 38.1 Å². The number of guanidine groups is 1. The standard InChI is InChI=1S/C30H47N9O4/c1-20(2)18-25(38-27(41)23(13-6-7-15-31)36-26(40)21-10-4-3-5-11-21)28(42)37-24(14-8-16-35-30(33)34)29(43)39-17-9-12-22(39)19-32/h3-5,10-11,20,22-25H,6-9,12-18,31H2,1-2H3,(H,36,40)(H,37,42)(H,38,41)(H4,33,34,35)/t22?,23-,24-,25-/m0/s1. The van der Waals surface area contributed by atoms with Crippen LogP contribution in [-0.4, -0.2) is 78.3 Å². The van der Waals surface area contributed by atoms with Gasteiger partial charge in [-0.25, -0.2) is 0 Å². The first-order valence-electron chi connectivity index (χ1n) is 15.0. The highest BCUT2D eigenvalue weighted by Gasteiger charge is 2.35. The van der Waals surface area contributed by atoms with Gasteiger partial charge in [-0.3, -0.25) is 24.2 Å². The molecule has 1 aliphatic rings. The Kier molecular flexibility index (Phi) is 15.0. The van der Waals surface area contributed by atoms with E-state index in [1.165, 1.54) is 4.90 Å². The fourth-order valence-electron chi connectivity index (χ4n) is 4.97. The molecule has 0 aromatic heterocycles. The molecule has 4 amide bonds. The van der Waals surface area contributed by atoms with Crippen LogP contribution in [0, 0.1) is 17.2 Å². The Morgan fingerprint density at radius 2 is 1.63 bits per heavy atom. The molecule has 13 nitrogen and oxygen atoms in total. The van der Waals surface area contributed by atoms with Crippen LogP contribution < -0.4 is 33.2 Å². The Balaban J connectivity index is 2.22. The molecule has 1 heterocycles. The van der Waals surface area contributed by atoms with E-state index in [9.17, 15) is 24.4 Å². The Morgan fingerprint density at radius 3 is 2.26 bits per heavy atom. The summed E-state index contributed by atoms with van der Waals surface area (Å²) in [6.07, 6.45) is 3.85. The summed E-state index contributed by atoms with van der Waals surface area (Å²) >= 11 is 0. The maximum Gasteiger partial charge on any atom is 0.251 e. The van der Waals surface area contributed by atoms with Crippen molar-refractivity contribution in [1.29, 1.82) is 5.26 Å². The monoisotopic (exact) mass is 597 g/mol. The van der Waals surface area contributed by atoms with Crippen molar-refractivity contribution < 1.29 is 19.2 Å². The van der Waals surface area contributed by atoms with Crippen molar-refractivity contribution in [2.75, 3.05) is 19.6 Å². The number of likely N-dealkylation sites (tertiary alicyclic amines) is 1. The molecule has 1 aromatic rings. The maximum absolute atomic E-state index is 13.6. The molecule has 0 saturated carbocycles. The van der Waals surface area contributed by atoms with Gasteiger partial charge in [0.25, 0.3) is 5.91 Å². The van der Waals surface area contributed by atoms with E-state index in [1.54, 1.807) is 30.3 Å². The summed E-state index contributed by atoms with van der Waals surface area (Å²) in [5, 5.41) is 18.0. The highest BCUT2D eigenvalue weighted by molar-refractivity contribution is 5.98. The number of amides is 4. The first-order chi connectivity index (χ1) is 20.6. The van der Waals surface area contributed by atoms with Gasteiger partial charge in [0.2, 0.25) is 17.7 Å². The third-order valence-electron chi connectivity index (χ3n) is 7.19. The van der Waals surface area contributed by atoms with Gasteiger partial charge in [-0.15, -0.1) is 0 Å². The predicted octanol–water partition coefficient (Wildman–Crippen LogP) is 0.498. The molecule has 13 heteroatoms. The van der Waals surface area contributed by atoms with E-state index in [1.807, 2.05) is 13.8 Å². The average molecular weight is 598 g/mol. The first kappa shape index (κ1) is 35.0. The first-order valence-corrected chi connectivity index (χ1v) is 15.0. The zero-order valence-corrected chi connectivity index (χ0v) is 25.3. The Bertz CT molecular complexity index is 1130. The molecule has 9 N–H and O–H groups in total. The van der Waals surface area contributed by atoms with Crippen LogP contribution in [0.1, 0.15) is 75.6 Å². The van der Waals surface area contributed by atoms with Crippen LogP contribution in [0.2, 0.25) is 0 Å². The van der Waals surface area contributed by atoms with Crippen LogP contribution in [0.4, 0.5) is 0 Å². The predicted molar refractivity (Wildman–Crippen MR) is 164 cm³/mol. The fourth-order valence-corrected chi connectivity index (χ4v) is 4.97. The van der Waals surface area contributed by atoms with Gasteiger partial charge in [0, 0.05) is 18.7 Å². The molecular formula is C30H47N9O4. The number of carbonyl (C=O) groups excluding carboxylic acids is 4. The number of rotatable bonds is 17. The van der Waals surface area contributed by atoms with Gasteiger partial charge in [-0.1, -0.05) is 32.0 Å². The van der Waals surface area contributed by atoms with E-state index < -0.39 is 41.9 Å². The van der Waals surface area contributed by atoms with Crippen LogP contribution >= 0.6 is 0 Å². The molecule has 1 saturated heterocycles. The third-order valence-corrected chi connectivity index (χ3v) is 7.19. The molecule has 236 valence electrons. The van der Waals surface area contributed by atoms with E-state index >= 15 is 0 Å². The highest BCUT2D eigenvalue weighted by Crippen LogP contribution is 2.19. The van der Waals surface area contributed by atoms with Crippen molar-refractivity contribution in [1.82, 2.24) is 20.9 Å². The van der Waals surface area contributed by atoms with Gasteiger partial charge in [-0.05, 0) is 76.0 Å². The third kappa shape index (κ3) is 11.9. The lowest BCUT2D eigenvalue weighted by molar-refractivity contribution is -0.137. The molecule has 0 spiro atoms. The molecule has 1 aromatic carbocycles. The number of nitriles is 1. The largest absolute Gasteiger partial charge is 0.370 e. The number of aliphatic imine (C=N–C) groups is 1. The summed E-state index contributed by atoms with van der Waals surface area (Å²) in [4.78, 5) is 58.9. The Hall–Kier alpha value is -4.18. The number of nitrogens with two attached hydrogens (primary N) is 3. The minimum absolute atomic E-state index is 0.0308. The average Bonchev–Trinajstić information content (AvgIpc) is 3.46. The van der Waals surface area contributed by atoms with Crippen molar-refractivity contribution in [3.8, 4) is 6.07 Å². The number of hydrogen-bond donors (Lipinski definition) is 6. The van der Waals surface area contributed by atoms with Crippen molar-refractivity contribution >= 4 is 29.6 Å². The molecule has 1 unspecified atom stereocenters. The second kappa shape index (κ2) is 18.4. The zero-order chi connectivity index (χ0) is 31.8. The Labute approximate surface area is 254 Å². The lowest BCUT2D eigenvalue weighted by Crippen LogP contribution is -2.57. The van der Waals surface area contributed by atoms with Crippen molar-refractivity contribution in [3.63, 3.8) is 0 Å². The molecule has 43 heavy (non-hydrogen) atoms. The summed E-state index contributed by atoms with van der Waals surface area (Å²) in [5.41, 5.74) is 16.9. The number of nitrogens with one attached hydrogen (secondary N) is 3. The van der Waals surface area contributed by atoms with E-state index in [0.29, 0.717) is 63.6 Å². The lowest BCUT2D eigenvalue weighted by atomic mass is 10.0. The number of benzene rings is 1. The maximum atomic E-state index is 13.6. The number of unbranched alkanes of at least 4 members (excludes halogenated alkanes) is 1. The van der Waals surface area contributed by atoms with Gasteiger partial charge in [0.1, 0.15) is 24.2 Å². The van der Waals surface area contributed by atoms with E-state index in [-0.39, 0.29) is 30.8 Å². The molecule has 2 rings (SSSR count). The molecule has 1 fully saturated rings. The van der Waals surface area contributed by atoms with Crippen molar-refractivity contribution in [2.24, 2.45) is 28.1 Å². The fraction of sp³-hybridized carbons (Fsp3) is 0.600. The SMILES string of the molecule is CC(C)C[C@H](NC(=O)[C@H](CCCCN)NC(=O)c1ccccc1)C(=O)N[C@@H](CCCN=C(N)N)C(=O)N1CCCC1C#N. The van der Waals surface area contributed by atoms with Crippen LogP contribution in [0.15, 0.2) is 35.3 Å². The molecule has 1 aliphatic heterocycles.